The number of rotatable bonds is 1. The third-order valence-electron chi connectivity index (χ3n) is 4.04. The molecule has 0 saturated carbocycles. The summed E-state index contributed by atoms with van der Waals surface area (Å²) in [6, 6.07) is 12.4. The molecular weight excluding hydrogens is 312 g/mol. The molecule has 0 saturated heterocycles. The number of aromatic hydroxyl groups is 5. The third kappa shape index (κ3) is 1.77. The molecule has 0 amide bonds. The Hall–Kier alpha value is -3.54. The molecular formula is C18H12O6. The van der Waals surface area contributed by atoms with Gasteiger partial charge in [-0.3, -0.25) is 0 Å². The van der Waals surface area contributed by atoms with Crippen molar-refractivity contribution in [3.8, 4) is 39.9 Å². The van der Waals surface area contributed by atoms with E-state index >= 15 is 0 Å². The van der Waals surface area contributed by atoms with Gasteiger partial charge in [0.05, 0.1) is 5.56 Å². The van der Waals surface area contributed by atoms with Crippen LogP contribution in [0.1, 0.15) is 0 Å². The minimum atomic E-state index is -0.987. The Morgan fingerprint density at radius 2 is 1.17 bits per heavy atom. The van der Waals surface area contributed by atoms with Crippen LogP contribution in [0.2, 0.25) is 0 Å². The maximum Gasteiger partial charge on any atom is 0.208 e. The van der Waals surface area contributed by atoms with E-state index in [4.69, 9.17) is 4.42 Å². The van der Waals surface area contributed by atoms with Gasteiger partial charge in [0.15, 0.2) is 11.5 Å². The molecule has 0 atom stereocenters. The molecule has 0 radical (unpaired) electrons. The summed E-state index contributed by atoms with van der Waals surface area (Å²) in [5.74, 6) is -4.29. The topological polar surface area (TPSA) is 114 Å². The van der Waals surface area contributed by atoms with Gasteiger partial charge in [-0.1, -0.05) is 24.3 Å². The van der Waals surface area contributed by atoms with E-state index in [0.717, 1.165) is 10.8 Å². The van der Waals surface area contributed by atoms with Crippen molar-refractivity contribution in [2.45, 2.75) is 0 Å². The van der Waals surface area contributed by atoms with E-state index in [9.17, 15) is 25.5 Å². The summed E-state index contributed by atoms with van der Waals surface area (Å²) in [4.78, 5) is 0. The maximum atomic E-state index is 10.0. The van der Waals surface area contributed by atoms with Crippen LogP contribution >= 0.6 is 0 Å². The Balaban J connectivity index is 2.03. The zero-order valence-corrected chi connectivity index (χ0v) is 12.2. The number of hydrogen-bond acceptors (Lipinski definition) is 6. The first-order chi connectivity index (χ1) is 11.5. The van der Waals surface area contributed by atoms with E-state index in [2.05, 4.69) is 0 Å². The Kier molecular flexibility index (Phi) is 2.77. The number of phenolic OH excluding ortho intramolecular Hbond substituents is 5. The predicted molar refractivity (Wildman–Crippen MR) is 87.5 cm³/mol. The lowest BCUT2D eigenvalue weighted by molar-refractivity contribution is 0.330. The zero-order valence-electron chi connectivity index (χ0n) is 12.2. The molecule has 0 spiro atoms. The SMILES string of the molecule is Oc1c(O)c(O)c(-c2ccc3c(c2)oc2ccccc23)c(O)c1O. The Labute approximate surface area is 135 Å². The van der Waals surface area contributed by atoms with Crippen molar-refractivity contribution in [3.63, 3.8) is 0 Å². The fourth-order valence-electron chi connectivity index (χ4n) is 2.84. The summed E-state index contributed by atoms with van der Waals surface area (Å²) in [5, 5.41) is 50.7. The van der Waals surface area contributed by atoms with E-state index in [1.165, 1.54) is 0 Å². The molecule has 120 valence electrons. The van der Waals surface area contributed by atoms with Crippen LogP contribution in [0.25, 0.3) is 33.1 Å². The number of hydrogen-bond donors (Lipinski definition) is 5. The Morgan fingerprint density at radius 3 is 1.88 bits per heavy atom. The molecule has 5 N–H and O–H groups in total. The second kappa shape index (κ2) is 4.73. The normalized spacial score (nSPS) is 11.3. The number of para-hydroxylation sites is 1. The summed E-state index contributed by atoms with van der Waals surface area (Å²) in [7, 11) is 0. The van der Waals surface area contributed by atoms with Crippen LogP contribution in [0, 0.1) is 0 Å². The third-order valence-corrected chi connectivity index (χ3v) is 4.04. The first kappa shape index (κ1) is 14.1. The van der Waals surface area contributed by atoms with Crippen LogP contribution in [0.4, 0.5) is 0 Å². The fraction of sp³-hybridized carbons (Fsp3) is 0. The van der Waals surface area contributed by atoms with Crippen LogP contribution in [0.5, 0.6) is 28.7 Å². The summed E-state index contributed by atoms with van der Waals surface area (Å²) >= 11 is 0. The first-order valence-corrected chi connectivity index (χ1v) is 7.09. The van der Waals surface area contributed by atoms with Crippen molar-refractivity contribution in [3.05, 3.63) is 42.5 Å². The van der Waals surface area contributed by atoms with Crippen molar-refractivity contribution >= 4 is 21.9 Å². The lowest BCUT2D eigenvalue weighted by Gasteiger charge is -2.12. The molecule has 0 bridgehead atoms. The molecule has 0 aliphatic heterocycles. The summed E-state index contributed by atoms with van der Waals surface area (Å²) in [6.45, 7) is 0. The van der Waals surface area contributed by atoms with Gasteiger partial charge in [0.1, 0.15) is 11.2 Å². The van der Waals surface area contributed by atoms with Gasteiger partial charge in [0.25, 0.3) is 0 Å². The average molecular weight is 324 g/mol. The van der Waals surface area contributed by atoms with Crippen LogP contribution in [0.3, 0.4) is 0 Å². The number of benzene rings is 3. The average Bonchev–Trinajstić information content (AvgIpc) is 2.96. The van der Waals surface area contributed by atoms with Gasteiger partial charge in [0.2, 0.25) is 17.2 Å². The fourth-order valence-corrected chi connectivity index (χ4v) is 2.84. The quantitative estimate of drug-likeness (QED) is 0.269. The van der Waals surface area contributed by atoms with Crippen LogP contribution in [-0.2, 0) is 0 Å². The molecule has 4 rings (SSSR count). The van der Waals surface area contributed by atoms with E-state index in [1.54, 1.807) is 18.2 Å². The second-order valence-corrected chi connectivity index (χ2v) is 5.43. The minimum Gasteiger partial charge on any atom is -0.504 e. The summed E-state index contributed by atoms with van der Waals surface area (Å²) < 4.78 is 5.74. The largest absolute Gasteiger partial charge is 0.504 e. The molecule has 1 heterocycles. The van der Waals surface area contributed by atoms with Crippen molar-refractivity contribution in [1.29, 1.82) is 0 Å². The molecule has 4 aromatic rings. The first-order valence-electron chi connectivity index (χ1n) is 7.09. The van der Waals surface area contributed by atoms with Crippen LogP contribution in [-0.4, -0.2) is 25.5 Å². The molecule has 6 heteroatoms. The summed E-state index contributed by atoms with van der Waals surface area (Å²) in [5.41, 5.74) is 1.31. The lowest BCUT2D eigenvalue weighted by Crippen LogP contribution is -1.84. The Morgan fingerprint density at radius 1 is 0.583 bits per heavy atom. The maximum absolute atomic E-state index is 10.0. The smallest absolute Gasteiger partial charge is 0.208 e. The minimum absolute atomic E-state index is 0.204. The van der Waals surface area contributed by atoms with Crippen LogP contribution < -0.4 is 0 Å². The lowest BCUT2D eigenvalue weighted by atomic mass is 10.00. The predicted octanol–water partition coefficient (Wildman–Crippen LogP) is 3.78. The highest BCUT2D eigenvalue weighted by Gasteiger charge is 2.24. The highest BCUT2D eigenvalue weighted by Crippen LogP contribution is 2.54. The molecule has 0 unspecified atom stereocenters. The molecule has 0 aliphatic rings. The highest BCUT2D eigenvalue weighted by molar-refractivity contribution is 6.06. The van der Waals surface area contributed by atoms with Gasteiger partial charge in [-0.2, -0.15) is 0 Å². The van der Waals surface area contributed by atoms with Gasteiger partial charge >= 0.3 is 0 Å². The monoisotopic (exact) mass is 324 g/mol. The standard InChI is InChI=1S/C18H12O6/c19-14-13(15(20)17(22)18(23)16(14)21)8-5-6-10-9-3-1-2-4-11(9)24-12(10)7-8/h1-7,19-23H. The van der Waals surface area contributed by atoms with Gasteiger partial charge in [-0.25, -0.2) is 0 Å². The Bertz CT molecular complexity index is 1080. The van der Waals surface area contributed by atoms with E-state index in [-0.39, 0.29) is 5.56 Å². The van der Waals surface area contributed by atoms with Crippen LogP contribution in [0.15, 0.2) is 46.9 Å². The van der Waals surface area contributed by atoms with E-state index in [0.29, 0.717) is 16.7 Å². The molecule has 1 aromatic heterocycles. The highest BCUT2D eigenvalue weighted by atomic mass is 16.4. The molecule has 6 nitrogen and oxygen atoms in total. The zero-order chi connectivity index (χ0) is 17.0. The molecule has 0 fully saturated rings. The van der Waals surface area contributed by atoms with Gasteiger partial charge in [-0.05, 0) is 23.8 Å². The molecule has 24 heavy (non-hydrogen) atoms. The van der Waals surface area contributed by atoms with Crippen molar-refractivity contribution in [2.24, 2.45) is 0 Å². The number of phenols is 5. The summed E-state index contributed by atoms with van der Waals surface area (Å²) in [6.07, 6.45) is 0. The molecule has 0 aliphatic carbocycles. The van der Waals surface area contributed by atoms with E-state index in [1.807, 2.05) is 24.3 Å². The number of furan rings is 1. The number of fused-ring (bicyclic) bond motifs is 3. The second-order valence-electron chi connectivity index (χ2n) is 5.43. The molecule has 3 aromatic carbocycles. The van der Waals surface area contributed by atoms with Gasteiger partial charge < -0.3 is 29.9 Å². The van der Waals surface area contributed by atoms with Gasteiger partial charge in [0, 0.05) is 10.8 Å². The van der Waals surface area contributed by atoms with Crippen molar-refractivity contribution < 1.29 is 29.9 Å². The van der Waals surface area contributed by atoms with E-state index < -0.39 is 28.7 Å². The van der Waals surface area contributed by atoms with Crippen molar-refractivity contribution in [1.82, 2.24) is 0 Å². The van der Waals surface area contributed by atoms with Crippen molar-refractivity contribution in [2.75, 3.05) is 0 Å². The van der Waals surface area contributed by atoms with Gasteiger partial charge in [-0.15, -0.1) is 0 Å².